The highest BCUT2D eigenvalue weighted by molar-refractivity contribution is 7.28. The van der Waals surface area contributed by atoms with Crippen molar-refractivity contribution in [2.75, 3.05) is 25.6 Å². The molecular formula is C31H39F2N4O3P. The molecule has 0 aliphatic heterocycles. The summed E-state index contributed by atoms with van der Waals surface area (Å²) < 4.78 is 40.5. The molecule has 220 valence electrons. The van der Waals surface area contributed by atoms with Gasteiger partial charge in [0.25, 0.3) is 5.91 Å². The van der Waals surface area contributed by atoms with Gasteiger partial charge >= 0.3 is 0 Å². The lowest BCUT2D eigenvalue weighted by atomic mass is 9.67. The number of benzene rings is 1. The van der Waals surface area contributed by atoms with Gasteiger partial charge in [-0.2, -0.15) is 0 Å². The summed E-state index contributed by atoms with van der Waals surface area (Å²) in [6, 6.07) is 7.11. The van der Waals surface area contributed by atoms with Crippen molar-refractivity contribution in [3.05, 3.63) is 65.6 Å². The minimum Gasteiger partial charge on any atom is -0.491 e. The van der Waals surface area contributed by atoms with E-state index in [1.54, 1.807) is 18.5 Å². The van der Waals surface area contributed by atoms with Crippen molar-refractivity contribution in [2.24, 2.45) is 23.5 Å². The Balaban J connectivity index is 1.56. The Bertz CT molecular complexity index is 1340. The normalized spacial score (nSPS) is 20.7. The van der Waals surface area contributed by atoms with Crippen molar-refractivity contribution in [1.29, 1.82) is 0 Å². The predicted octanol–water partition coefficient (Wildman–Crippen LogP) is 5.70. The monoisotopic (exact) mass is 584 g/mol. The molecule has 10 heteroatoms. The number of hydrogen-bond acceptors (Lipinski definition) is 6. The standard InChI is InChI=1S/C31H39F2N4O3P/c1-17(2)11-22-18(3)12-19(13-25(22)34)21-7-8-35-16-27(21)37-31(38)26-6-5-23(32)30(36-26)29-24(33)14-20(15-28(29)41)40-10-9-39-4/h5-8,14-19,22,25H,9-13,34,41H2,1-4H3,(H,37,38). The first-order valence-electron chi connectivity index (χ1n) is 14.0. The third-order valence-corrected chi connectivity index (χ3v) is 8.20. The van der Waals surface area contributed by atoms with E-state index in [9.17, 15) is 9.18 Å². The molecular weight excluding hydrogens is 545 g/mol. The van der Waals surface area contributed by atoms with Crippen LogP contribution in [0.1, 0.15) is 62.0 Å². The molecule has 3 aromatic rings. The van der Waals surface area contributed by atoms with Crippen molar-refractivity contribution in [1.82, 2.24) is 9.97 Å². The molecule has 5 unspecified atom stereocenters. The first-order chi connectivity index (χ1) is 19.6. The summed E-state index contributed by atoms with van der Waals surface area (Å²) in [6.07, 6.45) is 6.18. The highest BCUT2D eigenvalue weighted by Crippen LogP contribution is 2.43. The molecule has 3 N–H and O–H groups in total. The molecule has 0 saturated heterocycles. The van der Waals surface area contributed by atoms with Gasteiger partial charge < -0.3 is 20.5 Å². The van der Waals surface area contributed by atoms with Crippen molar-refractivity contribution >= 4 is 26.1 Å². The summed E-state index contributed by atoms with van der Waals surface area (Å²) in [7, 11) is 3.91. The summed E-state index contributed by atoms with van der Waals surface area (Å²) in [5.74, 6) is -0.0929. The quantitative estimate of drug-likeness (QED) is 0.234. The maximum absolute atomic E-state index is 15.1. The molecule has 0 bridgehead atoms. The van der Waals surface area contributed by atoms with Crippen LogP contribution in [0.3, 0.4) is 0 Å². The molecule has 1 aliphatic rings. The zero-order chi connectivity index (χ0) is 29.7. The van der Waals surface area contributed by atoms with Gasteiger partial charge in [-0.3, -0.25) is 9.78 Å². The van der Waals surface area contributed by atoms with Crippen molar-refractivity contribution in [3.8, 4) is 17.0 Å². The number of nitrogens with one attached hydrogen (secondary N) is 1. The molecule has 0 spiro atoms. The molecule has 5 atom stereocenters. The van der Waals surface area contributed by atoms with Gasteiger partial charge in [-0.15, -0.1) is 9.24 Å². The van der Waals surface area contributed by atoms with E-state index in [0.29, 0.717) is 35.4 Å². The van der Waals surface area contributed by atoms with E-state index < -0.39 is 17.5 Å². The van der Waals surface area contributed by atoms with E-state index in [1.165, 1.54) is 13.2 Å². The van der Waals surface area contributed by atoms with Gasteiger partial charge in [0, 0.05) is 31.0 Å². The van der Waals surface area contributed by atoms with E-state index >= 15 is 4.39 Å². The van der Waals surface area contributed by atoms with Crippen LogP contribution in [0.15, 0.2) is 42.7 Å². The zero-order valence-electron chi connectivity index (χ0n) is 24.0. The zero-order valence-corrected chi connectivity index (χ0v) is 25.1. The van der Waals surface area contributed by atoms with Gasteiger partial charge in [-0.05, 0) is 78.1 Å². The third kappa shape index (κ3) is 7.45. The van der Waals surface area contributed by atoms with Gasteiger partial charge in [0.15, 0.2) is 0 Å². The number of rotatable bonds is 10. The van der Waals surface area contributed by atoms with Crippen molar-refractivity contribution in [3.63, 3.8) is 0 Å². The molecule has 41 heavy (non-hydrogen) atoms. The lowest BCUT2D eigenvalue weighted by Crippen LogP contribution is -2.41. The smallest absolute Gasteiger partial charge is 0.274 e. The number of pyridine rings is 2. The van der Waals surface area contributed by atoms with E-state index in [4.69, 9.17) is 15.2 Å². The van der Waals surface area contributed by atoms with Crippen LogP contribution in [0, 0.1) is 29.4 Å². The second-order valence-corrected chi connectivity index (χ2v) is 11.9. The maximum atomic E-state index is 15.1. The molecule has 1 aromatic carbocycles. The Morgan fingerprint density at radius 1 is 1.17 bits per heavy atom. The number of amides is 1. The van der Waals surface area contributed by atoms with Gasteiger partial charge in [-0.1, -0.05) is 20.8 Å². The molecule has 1 aliphatic carbocycles. The van der Waals surface area contributed by atoms with E-state index in [1.807, 2.05) is 6.07 Å². The summed E-state index contributed by atoms with van der Waals surface area (Å²) >= 11 is 0. The van der Waals surface area contributed by atoms with E-state index in [0.717, 1.165) is 37.0 Å². The molecule has 7 nitrogen and oxygen atoms in total. The largest absolute Gasteiger partial charge is 0.491 e. The summed E-state index contributed by atoms with van der Waals surface area (Å²) in [6.45, 7) is 7.27. The number of nitrogens with two attached hydrogens (primary N) is 1. The first kappa shape index (κ1) is 30.9. The number of ether oxygens (including phenoxy) is 2. The molecule has 1 amide bonds. The van der Waals surface area contributed by atoms with E-state index in [2.05, 4.69) is 45.3 Å². The first-order valence-corrected chi connectivity index (χ1v) is 14.5. The second kappa shape index (κ2) is 13.8. The molecule has 4 rings (SSSR count). The van der Waals surface area contributed by atoms with Gasteiger partial charge in [-0.25, -0.2) is 13.8 Å². The van der Waals surface area contributed by atoms with Crippen LogP contribution in [-0.4, -0.2) is 42.2 Å². The Labute approximate surface area is 242 Å². The van der Waals surface area contributed by atoms with Crippen molar-refractivity contribution < 1.29 is 23.0 Å². The minimum atomic E-state index is -0.750. The third-order valence-electron chi connectivity index (χ3n) is 7.75. The number of carbonyl (C=O) groups is 1. The lowest BCUT2D eigenvalue weighted by molar-refractivity contribution is 0.102. The lowest BCUT2D eigenvalue weighted by Gasteiger charge is -2.40. The number of methoxy groups -OCH3 is 1. The van der Waals surface area contributed by atoms with Crippen LogP contribution in [0.4, 0.5) is 14.5 Å². The average Bonchev–Trinajstić information content (AvgIpc) is 2.91. The average molecular weight is 585 g/mol. The van der Waals surface area contributed by atoms with Gasteiger partial charge in [0.2, 0.25) is 0 Å². The molecule has 1 fully saturated rings. The Morgan fingerprint density at radius 3 is 2.63 bits per heavy atom. The second-order valence-electron chi connectivity index (χ2n) is 11.3. The number of nitrogens with zero attached hydrogens (tertiary/aromatic N) is 2. The molecule has 1 saturated carbocycles. The van der Waals surface area contributed by atoms with E-state index in [-0.39, 0.29) is 41.3 Å². The van der Waals surface area contributed by atoms with Gasteiger partial charge in [0.05, 0.1) is 18.5 Å². The fourth-order valence-corrected chi connectivity index (χ4v) is 6.26. The van der Waals surface area contributed by atoms with Crippen LogP contribution in [0.5, 0.6) is 5.75 Å². The minimum absolute atomic E-state index is 0.0499. The van der Waals surface area contributed by atoms with Crippen LogP contribution in [0.2, 0.25) is 0 Å². The Kier molecular flexibility index (Phi) is 10.4. The van der Waals surface area contributed by atoms with Gasteiger partial charge in [0.1, 0.15) is 35.4 Å². The fraction of sp³-hybridized carbons (Fsp3) is 0.452. The number of anilines is 1. The summed E-state index contributed by atoms with van der Waals surface area (Å²) in [5, 5.41) is 3.25. The van der Waals surface area contributed by atoms with Crippen LogP contribution >= 0.6 is 9.24 Å². The topological polar surface area (TPSA) is 99.4 Å². The molecule has 2 heterocycles. The SMILES string of the molecule is COCCOc1cc(F)c(-c2nc(C(=O)Nc3cnccc3C3CC(C)C(CC(C)C)C(N)C3)ccc2F)c(P)c1. The maximum Gasteiger partial charge on any atom is 0.274 e. The fourth-order valence-electron chi connectivity index (χ4n) is 5.82. The highest BCUT2D eigenvalue weighted by atomic mass is 31.0. The predicted molar refractivity (Wildman–Crippen MR) is 161 cm³/mol. The molecule has 2 aromatic heterocycles. The number of halogens is 2. The number of hydrogen-bond donors (Lipinski definition) is 2. The molecule has 0 radical (unpaired) electrons. The highest BCUT2D eigenvalue weighted by Gasteiger charge is 2.35. The van der Waals surface area contributed by atoms with Crippen LogP contribution < -0.4 is 21.1 Å². The number of carbonyl (C=O) groups excluding carboxylic acids is 1. The Morgan fingerprint density at radius 2 is 1.95 bits per heavy atom. The number of aromatic nitrogens is 2. The summed E-state index contributed by atoms with van der Waals surface area (Å²) in [5.41, 5.74) is 7.79. The van der Waals surface area contributed by atoms with Crippen LogP contribution in [-0.2, 0) is 4.74 Å². The van der Waals surface area contributed by atoms with Crippen LogP contribution in [0.25, 0.3) is 11.3 Å². The summed E-state index contributed by atoms with van der Waals surface area (Å²) in [4.78, 5) is 21.8. The van der Waals surface area contributed by atoms with Crippen molar-refractivity contribution in [2.45, 2.75) is 52.0 Å². The Hall–Kier alpha value is -3.00.